The number of carbonyl (C=O) groups is 2. The summed E-state index contributed by atoms with van der Waals surface area (Å²) >= 11 is 1.53. The number of amides is 3. The van der Waals surface area contributed by atoms with E-state index >= 15 is 0 Å². The van der Waals surface area contributed by atoms with E-state index in [9.17, 15) is 14.0 Å². The second-order valence-electron chi connectivity index (χ2n) is 5.56. The van der Waals surface area contributed by atoms with Crippen LogP contribution < -0.4 is 10.2 Å². The van der Waals surface area contributed by atoms with Crippen molar-refractivity contribution in [3.05, 3.63) is 54.3 Å². The van der Waals surface area contributed by atoms with Crippen LogP contribution in [0.15, 0.2) is 53.4 Å². The van der Waals surface area contributed by atoms with E-state index < -0.39 is 5.82 Å². The summed E-state index contributed by atoms with van der Waals surface area (Å²) in [4.78, 5) is 28.5. The topological polar surface area (TPSA) is 52.7 Å². The molecule has 0 atom stereocenters. The largest absolute Gasteiger partial charge is 0.325 e. The summed E-state index contributed by atoms with van der Waals surface area (Å²) in [6.07, 6.45) is 1.93. The first-order chi connectivity index (χ1) is 12.1. The number of thioether (sulfide) groups is 1. The van der Waals surface area contributed by atoms with E-state index in [1.165, 1.54) is 27.6 Å². The maximum absolute atomic E-state index is 13.9. The molecule has 130 valence electrons. The number of halogens is 1. The predicted molar refractivity (Wildman–Crippen MR) is 97.6 cm³/mol. The predicted octanol–water partition coefficient (Wildman–Crippen LogP) is 3.43. The monoisotopic (exact) mass is 359 g/mol. The molecule has 1 aliphatic rings. The van der Waals surface area contributed by atoms with Gasteiger partial charge in [0.05, 0.1) is 11.4 Å². The summed E-state index contributed by atoms with van der Waals surface area (Å²) in [5.74, 6) is -0.721. The molecule has 0 aliphatic carbocycles. The van der Waals surface area contributed by atoms with Crippen LogP contribution in [0.5, 0.6) is 0 Å². The molecule has 3 rings (SSSR count). The number of para-hydroxylation sites is 2. The summed E-state index contributed by atoms with van der Waals surface area (Å²) in [6.45, 7) is 0.672. The molecule has 25 heavy (non-hydrogen) atoms. The van der Waals surface area contributed by atoms with E-state index in [0.717, 1.165) is 10.6 Å². The number of benzene rings is 2. The fourth-order valence-corrected chi connectivity index (χ4v) is 3.29. The summed E-state index contributed by atoms with van der Waals surface area (Å²) in [5, 5.41) is 2.83. The molecule has 0 radical (unpaired) electrons. The van der Waals surface area contributed by atoms with Gasteiger partial charge in [0, 0.05) is 18.0 Å². The van der Waals surface area contributed by atoms with Gasteiger partial charge in [0.15, 0.2) is 0 Å². The Morgan fingerprint density at radius 1 is 1.16 bits per heavy atom. The second kappa shape index (κ2) is 7.57. The smallest absolute Gasteiger partial charge is 0.324 e. The van der Waals surface area contributed by atoms with Crippen molar-refractivity contribution in [3.63, 3.8) is 0 Å². The molecule has 0 aromatic heterocycles. The van der Waals surface area contributed by atoms with Crippen molar-refractivity contribution in [2.75, 3.05) is 36.1 Å². The molecule has 1 fully saturated rings. The second-order valence-corrected chi connectivity index (χ2v) is 6.40. The zero-order valence-electron chi connectivity index (χ0n) is 13.7. The van der Waals surface area contributed by atoms with Crippen molar-refractivity contribution in [2.24, 2.45) is 0 Å². The molecule has 0 spiro atoms. The summed E-state index contributed by atoms with van der Waals surface area (Å²) in [7, 11) is 0. The highest BCUT2D eigenvalue weighted by Gasteiger charge is 2.32. The van der Waals surface area contributed by atoms with Crippen LogP contribution in [0.1, 0.15) is 0 Å². The van der Waals surface area contributed by atoms with Crippen LogP contribution in [-0.4, -0.2) is 42.7 Å². The van der Waals surface area contributed by atoms with Gasteiger partial charge >= 0.3 is 6.03 Å². The quantitative estimate of drug-likeness (QED) is 0.832. The minimum Gasteiger partial charge on any atom is -0.324 e. The molecule has 1 saturated heterocycles. The Morgan fingerprint density at radius 2 is 1.88 bits per heavy atom. The number of hydrogen-bond acceptors (Lipinski definition) is 3. The van der Waals surface area contributed by atoms with Crippen LogP contribution in [0.2, 0.25) is 0 Å². The molecular formula is C18H18FN3O2S. The normalized spacial score (nSPS) is 14.1. The minimum atomic E-state index is -0.448. The van der Waals surface area contributed by atoms with Crippen LogP contribution in [0.25, 0.3) is 0 Å². The highest BCUT2D eigenvalue weighted by molar-refractivity contribution is 7.98. The van der Waals surface area contributed by atoms with Crippen LogP contribution in [0.3, 0.4) is 0 Å². The van der Waals surface area contributed by atoms with E-state index in [-0.39, 0.29) is 24.2 Å². The number of anilines is 2. The zero-order chi connectivity index (χ0) is 17.8. The van der Waals surface area contributed by atoms with E-state index in [0.29, 0.717) is 13.1 Å². The maximum Gasteiger partial charge on any atom is 0.325 e. The standard InChI is InChI=1S/C18H18FN3O2S/c1-25-16-9-5-3-7-14(16)20-17(23)12-21-10-11-22(18(21)24)15-8-4-2-6-13(15)19/h2-9H,10-12H2,1H3,(H,20,23). The molecule has 0 bridgehead atoms. The fraction of sp³-hybridized carbons (Fsp3) is 0.222. The molecule has 1 aliphatic heterocycles. The van der Waals surface area contributed by atoms with Crippen molar-refractivity contribution in [3.8, 4) is 0 Å². The number of nitrogens with one attached hydrogen (secondary N) is 1. The first-order valence-electron chi connectivity index (χ1n) is 7.84. The molecule has 7 heteroatoms. The molecule has 2 aromatic rings. The Hall–Kier alpha value is -2.54. The van der Waals surface area contributed by atoms with Crippen molar-refractivity contribution in [1.29, 1.82) is 0 Å². The molecule has 1 heterocycles. The zero-order valence-corrected chi connectivity index (χ0v) is 14.6. The van der Waals surface area contributed by atoms with Gasteiger partial charge in [-0.25, -0.2) is 9.18 Å². The van der Waals surface area contributed by atoms with E-state index in [1.807, 2.05) is 30.5 Å². The van der Waals surface area contributed by atoms with E-state index in [4.69, 9.17) is 0 Å². The van der Waals surface area contributed by atoms with Crippen molar-refractivity contribution in [1.82, 2.24) is 4.90 Å². The Labute approximate surface area is 149 Å². The third kappa shape index (κ3) is 3.76. The van der Waals surface area contributed by atoms with Gasteiger partial charge in [-0.05, 0) is 30.5 Å². The molecule has 0 saturated carbocycles. The Morgan fingerprint density at radius 3 is 2.64 bits per heavy atom. The van der Waals surface area contributed by atoms with Crippen LogP contribution in [-0.2, 0) is 4.79 Å². The molecule has 0 unspecified atom stereocenters. The lowest BCUT2D eigenvalue weighted by Crippen LogP contribution is -2.37. The lowest BCUT2D eigenvalue weighted by molar-refractivity contribution is -0.116. The van der Waals surface area contributed by atoms with Gasteiger partial charge in [-0.1, -0.05) is 24.3 Å². The average molecular weight is 359 g/mol. The Bertz CT molecular complexity index is 799. The highest BCUT2D eigenvalue weighted by Crippen LogP contribution is 2.25. The molecule has 2 aromatic carbocycles. The third-order valence-electron chi connectivity index (χ3n) is 3.95. The lowest BCUT2D eigenvalue weighted by Gasteiger charge is -2.19. The third-order valence-corrected chi connectivity index (χ3v) is 4.75. The first kappa shape index (κ1) is 17.3. The van der Waals surface area contributed by atoms with Gasteiger partial charge in [-0.2, -0.15) is 0 Å². The number of urea groups is 1. The fourth-order valence-electron chi connectivity index (χ4n) is 2.73. The van der Waals surface area contributed by atoms with Crippen LogP contribution in [0.4, 0.5) is 20.6 Å². The number of carbonyl (C=O) groups excluding carboxylic acids is 2. The number of hydrogen-bond donors (Lipinski definition) is 1. The molecule has 5 nitrogen and oxygen atoms in total. The SMILES string of the molecule is CSc1ccccc1NC(=O)CN1CCN(c2ccccc2F)C1=O. The molecular weight excluding hydrogens is 341 g/mol. The Kier molecular flexibility index (Phi) is 5.23. The van der Waals surface area contributed by atoms with Crippen molar-refractivity contribution < 1.29 is 14.0 Å². The van der Waals surface area contributed by atoms with Crippen molar-refractivity contribution in [2.45, 2.75) is 4.90 Å². The van der Waals surface area contributed by atoms with Gasteiger partial charge in [-0.3, -0.25) is 9.69 Å². The van der Waals surface area contributed by atoms with E-state index in [1.54, 1.807) is 18.2 Å². The Balaban J connectivity index is 1.65. The van der Waals surface area contributed by atoms with Crippen molar-refractivity contribution >= 4 is 35.1 Å². The number of rotatable bonds is 5. The van der Waals surface area contributed by atoms with Gasteiger partial charge in [0.1, 0.15) is 12.4 Å². The van der Waals surface area contributed by atoms with Crippen LogP contribution >= 0.6 is 11.8 Å². The van der Waals surface area contributed by atoms with Gasteiger partial charge in [0.25, 0.3) is 0 Å². The summed E-state index contributed by atoms with van der Waals surface area (Å²) in [5.41, 5.74) is 0.959. The maximum atomic E-state index is 13.9. The molecule has 1 N–H and O–H groups in total. The highest BCUT2D eigenvalue weighted by atomic mass is 32.2. The minimum absolute atomic E-state index is 0.0630. The summed E-state index contributed by atoms with van der Waals surface area (Å²) < 4.78 is 13.9. The first-order valence-corrected chi connectivity index (χ1v) is 9.06. The van der Waals surface area contributed by atoms with Gasteiger partial charge in [0.2, 0.25) is 5.91 Å². The van der Waals surface area contributed by atoms with E-state index in [2.05, 4.69) is 5.32 Å². The summed E-state index contributed by atoms with van der Waals surface area (Å²) in [6, 6.07) is 13.3. The lowest BCUT2D eigenvalue weighted by atomic mass is 10.3. The molecule has 3 amide bonds. The van der Waals surface area contributed by atoms with Gasteiger partial charge < -0.3 is 10.2 Å². The average Bonchev–Trinajstić information content (AvgIpc) is 2.96. The number of nitrogens with zero attached hydrogens (tertiary/aromatic N) is 2. The van der Waals surface area contributed by atoms with Gasteiger partial charge in [-0.15, -0.1) is 11.8 Å². The van der Waals surface area contributed by atoms with Crippen LogP contribution in [0, 0.1) is 5.82 Å².